The molecule has 2 aromatic carbocycles. The molecular weight excluding hydrogens is 355 g/mol. The molecule has 1 fully saturated rings. The fourth-order valence-corrected chi connectivity index (χ4v) is 2.95. The van der Waals surface area contributed by atoms with Gasteiger partial charge >= 0.3 is 0 Å². The molecule has 4 nitrogen and oxygen atoms in total. The van der Waals surface area contributed by atoms with Crippen LogP contribution < -0.4 is 5.32 Å². The summed E-state index contributed by atoms with van der Waals surface area (Å²) >= 11 is 5.96. The molecule has 3 aromatic rings. The lowest BCUT2D eigenvalue weighted by atomic mass is 10.1. The number of amides is 1. The molecule has 0 spiro atoms. The number of carbonyl (C=O) groups is 1. The zero-order chi connectivity index (χ0) is 18.1. The van der Waals surface area contributed by atoms with E-state index in [-0.39, 0.29) is 22.9 Å². The van der Waals surface area contributed by atoms with Crippen molar-refractivity contribution in [1.82, 2.24) is 4.98 Å². The van der Waals surface area contributed by atoms with Crippen molar-refractivity contribution in [2.24, 2.45) is 0 Å². The van der Waals surface area contributed by atoms with E-state index in [0.29, 0.717) is 17.4 Å². The first-order chi connectivity index (χ1) is 12.6. The lowest BCUT2D eigenvalue weighted by molar-refractivity contribution is -0.115. The molecule has 0 radical (unpaired) electrons. The van der Waals surface area contributed by atoms with Gasteiger partial charge in [0, 0.05) is 27.8 Å². The van der Waals surface area contributed by atoms with E-state index in [1.807, 2.05) is 12.1 Å². The topological polar surface area (TPSA) is 55.1 Å². The van der Waals surface area contributed by atoms with Gasteiger partial charge in [0.2, 0.25) is 5.91 Å². The number of nitrogens with zero attached hydrogens (tertiary/aromatic N) is 1. The first-order valence-electron chi connectivity index (χ1n) is 8.39. The number of carbonyl (C=O) groups excluding carboxylic acids is 1. The Morgan fingerprint density at radius 3 is 2.69 bits per heavy atom. The van der Waals surface area contributed by atoms with Crippen LogP contribution in [0.2, 0.25) is 5.02 Å². The summed E-state index contributed by atoms with van der Waals surface area (Å²) in [5, 5.41) is 2.99. The zero-order valence-electron chi connectivity index (χ0n) is 13.8. The van der Waals surface area contributed by atoms with Crippen LogP contribution in [0.3, 0.4) is 0 Å². The van der Waals surface area contributed by atoms with Crippen LogP contribution in [-0.4, -0.2) is 10.9 Å². The summed E-state index contributed by atoms with van der Waals surface area (Å²) in [6.45, 7) is 0. The highest BCUT2D eigenvalue weighted by Crippen LogP contribution is 2.40. The van der Waals surface area contributed by atoms with Crippen molar-refractivity contribution in [3.05, 3.63) is 71.0 Å². The summed E-state index contributed by atoms with van der Waals surface area (Å²) < 4.78 is 19.5. The SMILES string of the molecule is O=C(Cc1c(F)cccc1Cl)Nc1ccc(-c2cnc(C3CC3)o2)cc1. The van der Waals surface area contributed by atoms with Crippen molar-refractivity contribution in [2.45, 2.75) is 25.2 Å². The quantitative estimate of drug-likeness (QED) is 0.672. The number of rotatable bonds is 5. The van der Waals surface area contributed by atoms with Crippen molar-refractivity contribution in [3.8, 4) is 11.3 Å². The summed E-state index contributed by atoms with van der Waals surface area (Å²) in [5.41, 5.74) is 1.70. The van der Waals surface area contributed by atoms with Crippen molar-refractivity contribution >= 4 is 23.2 Å². The molecule has 1 saturated carbocycles. The van der Waals surface area contributed by atoms with Crippen LogP contribution in [0.1, 0.15) is 30.2 Å². The maximum atomic E-state index is 13.8. The minimum absolute atomic E-state index is 0.125. The van der Waals surface area contributed by atoms with Gasteiger partial charge in [0.05, 0.1) is 12.6 Å². The van der Waals surface area contributed by atoms with Crippen molar-refractivity contribution in [3.63, 3.8) is 0 Å². The molecule has 0 atom stereocenters. The minimum atomic E-state index is -0.486. The molecule has 0 bridgehead atoms. The van der Waals surface area contributed by atoms with Crippen LogP contribution in [-0.2, 0) is 11.2 Å². The minimum Gasteiger partial charge on any atom is -0.440 e. The van der Waals surface area contributed by atoms with Gasteiger partial charge in [0.1, 0.15) is 5.82 Å². The molecule has 0 saturated heterocycles. The number of hydrogen-bond donors (Lipinski definition) is 1. The Bertz CT molecular complexity index is 928. The highest BCUT2D eigenvalue weighted by molar-refractivity contribution is 6.31. The Balaban J connectivity index is 1.42. The second kappa shape index (κ2) is 6.92. The van der Waals surface area contributed by atoms with E-state index in [9.17, 15) is 9.18 Å². The zero-order valence-corrected chi connectivity index (χ0v) is 14.6. The molecule has 1 aromatic heterocycles. The monoisotopic (exact) mass is 370 g/mol. The number of halogens is 2. The van der Waals surface area contributed by atoms with E-state index >= 15 is 0 Å². The second-order valence-electron chi connectivity index (χ2n) is 6.34. The Morgan fingerprint density at radius 2 is 2.00 bits per heavy atom. The van der Waals surface area contributed by atoms with Crippen molar-refractivity contribution in [2.75, 3.05) is 5.32 Å². The van der Waals surface area contributed by atoms with Crippen LogP contribution in [0, 0.1) is 5.82 Å². The van der Waals surface area contributed by atoms with Gasteiger partial charge in [0.25, 0.3) is 0 Å². The third-order valence-corrected chi connectivity index (χ3v) is 4.66. The number of nitrogens with one attached hydrogen (secondary N) is 1. The van der Waals surface area contributed by atoms with Crippen LogP contribution in [0.4, 0.5) is 10.1 Å². The molecule has 1 aliphatic rings. The lowest BCUT2D eigenvalue weighted by Gasteiger charge is -2.08. The summed E-state index contributed by atoms with van der Waals surface area (Å²) in [6.07, 6.45) is 3.87. The Labute approximate surface area is 155 Å². The van der Waals surface area contributed by atoms with Gasteiger partial charge < -0.3 is 9.73 Å². The Hall–Kier alpha value is -2.66. The number of benzene rings is 2. The van der Waals surface area contributed by atoms with E-state index in [1.165, 1.54) is 12.1 Å². The fraction of sp³-hybridized carbons (Fsp3) is 0.200. The molecular formula is C20H16ClFN2O2. The van der Waals surface area contributed by atoms with Crippen LogP contribution >= 0.6 is 11.6 Å². The second-order valence-corrected chi connectivity index (χ2v) is 6.75. The molecule has 1 heterocycles. The Kier molecular flexibility index (Phi) is 4.47. The first kappa shape index (κ1) is 16.8. The van der Waals surface area contributed by atoms with Gasteiger partial charge in [-0.25, -0.2) is 9.37 Å². The summed E-state index contributed by atoms with van der Waals surface area (Å²) in [4.78, 5) is 16.5. The fourth-order valence-electron chi connectivity index (χ4n) is 2.72. The number of anilines is 1. The number of oxazole rings is 1. The molecule has 0 aliphatic heterocycles. The smallest absolute Gasteiger partial charge is 0.228 e. The predicted octanol–water partition coefficient (Wildman–Crippen LogP) is 5.19. The van der Waals surface area contributed by atoms with Gasteiger partial charge in [0.15, 0.2) is 11.7 Å². The van der Waals surface area contributed by atoms with E-state index in [4.69, 9.17) is 16.0 Å². The highest BCUT2D eigenvalue weighted by Gasteiger charge is 2.28. The number of hydrogen-bond acceptors (Lipinski definition) is 3. The predicted molar refractivity (Wildman–Crippen MR) is 97.7 cm³/mol. The van der Waals surface area contributed by atoms with Crippen LogP contribution in [0.25, 0.3) is 11.3 Å². The molecule has 4 rings (SSSR count). The largest absolute Gasteiger partial charge is 0.440 e. The van der Waals surface area contributed by atoms with Gasteiger partial charge in [-0.05, 0) is 49.2 Å². The normalized spacial score (nSPS) is 13.6. The lowest BCUT2D eigenvalue weighted by Crippen LogP contribution is -2.15. The van der Waals surface area contributed by atoms with Crippen LogP contribution in [0.5, 0.6) is 0 Å². The average Bonchev–Trinajstić information content (AvgIpc) is 3.36. The van der Waals surface area contributed by atoms with Gasteiger partial charge in [-0.1, -0.05) is 17.7 Å². The molecule has 6 heteroatoms. The third kappa shape index (κ3) is 3.63. The number of aromatic nitrogens is 1. The standard InChI is InChI=1S/C20H16ClFN2O2/c21-16-2-1-3-17(22)15(16)10-19(25)24-14-8-6-12(7-9-14)18-11-23-20(26-18)13-4-5-13/h1-3,6-9,11,13H,4-5,10H2,(H,24,25). The molecule has 0 unspecified atom stereocenters. The molecule has 132 valence electrons. The molecule has 1 amide bonds. The average molecular weight is 371 g/mol. The van der Waals surface area contributed by atoms with Gasteiger partial charge in [-0.2, -0.15) is 0 Å². The van der Waals surface area contributed by atoms with Crippen molar-refractivity contribution < 1.29 is 13.6 Å². The van der Waals surface area contributed by atoms with Crippen molar-refractivity contribution in [1.29, 1.82) is 0 Å². The van der Waals surface area contributed by atoms with Gasteiger partial charge in [-0.3, -0.25) is 4.79 Å². The third-order valence-electron chi connectivity index (χ3n) is 4.30. The van der Waals surface area contributed by atoms with E-state index in [1.54, 1.807) is 24.4 Å². The summed E-state index contributed by atoms with van der Waals surface area (Å²) in [6, 6.07) is 11.6. The molecule has 1 N–H and O–H groups in total. The maximum Gasteiger partial charge on any atom is 0.228 e. The molecule has 26 heavy (non-hydrogen) atoms. The maximum absolute atomic E-state index is 13.8. The highest BCUT2D eigenvalue weighted by atomic mass is 35.5. The first-order valence-corrected chi connectivity index (χ1v) is 8.77. The van der Waals surface area contributed by atoms with E-state index < -0.39 is 5.82 Å². The Morgan fingerprint density at radius 1 is 1.23 bits per heavy atom. The van der Waals surface area contributed by atoms with E-state index in [0.717, 1.165) is 24.3 Å². The summed E-state index contributed by atoms with van der Waals surface area (Å²) in [7, 11) is 0. The van der Waals surface area contributed by atoms with E-state index in [2.05, 4.69) is 10.3 Å². The van der Waals surface area contributed by atoms with Gasteiger partial charge in [-0.15, -0.1) is 0 Å². The molecule has 1 aliphatic carbocycles. The van der Waals surface area contributed by atoms with Crippen LogP contribution in [0.15, 0.2) is 53.1 Å². The summed E-state index contributed by atoms with van der Waals surface area (Å²) in [5.74, 6) is 1.15.